The maximum atomic E-state index is 12.1. The van der Waals surface area contributed by atoms with Crippen LogP contribution in [0.5, 0.6) is 11.5 Å². The molecule has 0 saturated carbocycles. The van der Waals surface area contributed by atoms with Crippen LogP contribution in [0.25, 0.3) is 0 Å². The van der Waals surface area contributed by atoms with Crippen LogP contribution in [-0.4, -0.2) is 44.7 Å². The highest BCUT2D eigenvalue weighted by molar-refractivity contribution is 5.91. The molecular weight excluding hydrogens is 328 g/mol. The van der Waals surface area contributed by atoms with Crippen molar-refractivity contribution in [2.24, 2.45) is 0 Å². The Morgan fingerprint density at radius 3 is 2.50 bits per heavy atom. The molecule has 0 saturated heterocycles. The van der Waals surface area contributed by atoms with Gasteiger partial charge in [-0.1, -0.05) is 6.07 Å². The predicted molar refractivity (Wildman–Crippen MR) is 103 cm³/mol. The first-order valence-electron chi connectivity index (χ1n) is 9.02. The van der Waals surface area contributed by atoms with Crippen molar-refractivity contribution < 1.29 is 14.3 Å². The lowest BCUT2D eigenvalue weighted by atomic mass is 10.1. The van der Waals surface area contributed by atoms with Gasteiger partial charge in [0.1, 0.15) is 18.1 Å². The summed E-state index contributed by atoms with van der Waals surface area (Å²) in [5, 5.41) is 2.84. The highest BCUT2D eigenvalue weighted by atomic mass is 16.5. The van der Waals surface area contributed by atoms with Crippen LogP contribution >= 0.6 is 0 Å². The van der Waals surface area contributed by atoms with Crippen LogP contribution < -0.4 is 14.8 Å². The number of hydrogen-bond donors (Lipinski definition) is 1. The van der Waals surface area contributed by atoms with Gasteiger partial charge >= 0.3 is 0 Å². The van der Waals surface area contributed by atoms with E-state index in [0.29, 0.717) is 6.61 Å². The first-order valence-corrected chi connectivity index (χ1v) is 9.02. The van der Waals surface area contributed by atoms with E-state index < -0.39 is 0 Å². The molecule has 5 heteroatoms. The molecule has 0 spiro atoms. The summed E-state index contributed by atoms with van der Waals surface area (Å²) in [6, 6.07) is 13.5. The number of carbonyl (C=O) groups excluding carboxylic acids is 1. The molecule has 1 aliphatic carbocycles. The van der Waals surface area contributed by atoms with E-state index in [2.05, 4.69) is 22.3 Å². The van der Waals surface area contributed by atoms with Gasteiger partial charge in [0.25, 0.3) is 5.91 Å². The molecule has 0 heterocycles. The molecule has 0 atom stereocenters. The van der Waals surface area contributed by atoms with Gasteiger partial charge in [0, 0.05) is 12.2 Å². The number of likely N-dealkylation sites (N-methyl/N-ethyl adjacent to an activating group) is 1. The third kappa shape index (κ3) is 5.23. The van der Waals surface area contributed by atoms with Gasteiger partial charge in [0.15, 0.2) is 6.61 Å². The third-order valence-electron chi connectivity index (χ3n) is 4.39. The molecule has 138 valence electrons. The maximum absolute atomic E-state index is 12.1. The topological polar surface area (TPSA) is 50.8 Å². The van der Waals surface area contributed by atoms with E-state index in [0.717, 1.165) is 36.6 Å². The van der Waals surface area contributed by atoms with Crippen molar-refractivity contribution in [2.75, 3.05) is 39.2 Å². The zero-order valence-electron chi connectivity index (χ0n) is 15.5. The van der Waals surface area contributed by atoms with Crippen molar-refractivity contribution in [3.63, 3.8) is 0 Å². The molecule has 0 aromatic heterocycles. The van der Waals surface area contributed by atoms with E-state index in [9.17, 15) is 4.79 Å². The monoisotopic (exact) mass is 354 g/mol. The Kier molecular flexibility index (Phi) is 6.12. The summed E-state index contributed by atoms with van der Waals surface area (Å²) < 4.78 is 11.3. The lowest BCUT2D eigenvalue weighted by molar-refractivity contribution is -0.118. The summed E-state index contributed by atoms with van der Waals surface area (Å²) >= 11 is 0. The maximum Gasteiger partial charge on any atom is 0.262 e. The average Bonchev–Trinajstić information content (AvgIpc) is 3.09. The lowest BCUT2D eigenvalue weighted by Gasteiger charge is -2.12. The van der Waals surface area contributed by atoms with E-state index in [-0.39, 0.29) is 12.5 Å². The molecule has 2 aromatic rings. The second-order valence-electron chi connectivity index (χ2n) is 6.80. The minimum atomic E-state index is -0.174. The Balaban J connectivity index is 1.44. The number of amides is 1. The van der Waals surface area contributed by atoms with Gasteiger partial charge in [-0.25, -0.2) is 0 Å². The van der Waals surface area contributed by atoms with Gasteiger partial charge in [-0.2, -0.15) is 0 Å². The molecule has 0 bridgehead atoms. The van der Waals surface area contributed by atoms with Gasteiger partial charge in [0.05, 0.1) is 0 Å². The number of fused-ring (bicyclic) bond motifs is 1. The molecule has 3 rings (SSSR count). The lowest BCUT2D eigenvalue weighted by Crippen LogP contribution is -2.20. The molecule has 1 N–H and O–H groups in total. The number of carbonyl (C=O) groups is 1. The fourth-order valence-corrected chi connectivity index (χ4v) is 2.96. The van der Waals surface area contributed by atoms with Gasteiger partial charge in [0.2, 0.25) is 0 Å². The van der Waals surface area contributed by atoms with E-state index in [1.54, 1.807) is 0 Å². The zero-order chi connectivity index (χ0) is 18.4. The molecule has 0 radical (unpaired) electrons. The SMILES string of the molecule is CN(C)CCOc1ccc(NC(=O)COc2ccc3c(c2)CCC3)cc1. The second-order valence-corrected chi connectivity index (χ2v) is 6.80. The smallest absolute Gasteiger partial charge is 0.262 e. The van der Waals surface area contributed by atoms with E-state index in [1.807, 2.05) is 44.4 Å². The largest absolute Gasteiger partial charge is 0.492 e. The summed E-state index contributed by atoms with van der Waals surface area (Å²) in [6.07, 6.45) is 3.45. The summed E-state index contributed by atoms with van der Waals surface area (Å²) in [6.45, 7) is 1.49. The van der Waals surface area contributed by atoms with Crippen LogP contribution in [0.3, 0.4) is 0 Å². The van der Waals surface area contributed by atoms with Gasteiger partial charge in [-0.05, 0) is 80.9 Å². The number of nitrogens with one attached hydrogen (secondary N) is 1. The predicted octanol–water partition coefficient (Wildman–Crippen LogP) is 3.13. The average molecular weight is 354 g/mol. The normalized spacial score (nSPS) is 12.7. The summed E-state index contributed by atoms with van der Waals surface area (Å²) in [4.78, 5) is 14.1. The number of hydrogen-bond acceptors (Lipinski definition) is 4. The van der Waals surface area contributed by atoms with Crippen LogP contribution in [0.1, 0.15) is 17.5 Å². The van der Waals surface area contributed by atoms with Crippen molar-refractivity contribution in [2.45, 2.75) is 19.3 Å². The molecule has 0 unspecified atom stereocenters. The van der Waals surface area contributed by atoms with Crippen LogP contribution in [0, 0.1) is 0 Å². The standard InChI is InChI=1S/C21H26N2O3/c1-23(2)12-13-25-19-10-7-18(8-11-19)22-21(24)15-26-20-9-6-16-4-3-5-17(16)14-20/h6-11,14H,3-5,12-13,15H2,1-2H3,(H,22,24). The number of anilines is 1. The first-order chi connectivity index (χ1) is 12.6. The molecule has 0 fully saturated rings. The van der Waals surface area contributed by atoms with Crippen molar-refractivity contribution in [1.82, 2.24) is 4.90 Å². The third-order valence-corrected chi connectivity index (χ3v) is 4.39. The number of ether oxygens (including phenoxy) is 2. The van der Waals surface area contributed by atoms with E-state index in [4.69, 9.17) is 9.47 Å². The Bertz CT molecular complexity index is 741. The van der Waals surface area contributed by atoms with Gasteiger partial charge in [-0.3, -0.25) is 4.79 Å². The minimum Gasteiger partial charge on any atom is -0.492 e. The quantitative estimate of drug-likeness (QED) is 0.791. The fourth-order valence-electron chi connectivity index (χ4n) is 2.96. The minimum absolute atomic E-state index is 0.000126. The van der Waals surface area contributed by atoms with Gasteiger partial charge < -0.3 is 19.7 Å². The number of nitrogens with zero attached hydrogens (tertiary/aromatic N) is 1. The Hall–Kier alpha value is -2.53. The van der Waals surface area contributed by atoms with Crippen molar-refractivity contribution in [1.29, 1.82) is 0 Å². The summed E-state index contributed by atoms with van der Waals surface area (Å²) in [5.74, 6) is 1.37. The number of aryl methyl sites for hydroxylation is 2. The fraction of sp³-hybridized carbons (Fsp3) is 0.381. The van der Waals surface area contributed by atoms with Crippen molar-refractivity contribution in [3.05, 3.63) is 53.6 Å². The van der Waals surface area contributed by atoms with Crippen LogP contribution in [-0.2, 0) is 17.6 Å². The molecule has 2 aromatic carbocycles. The summed E-state index contributed by atoms with van der Waals surface area (Å²) in [5.41, 5.74) is 3.47. The van der Waals surface area contributed by atoms with E-state index in [1.165, 1.54) is 17.5 Å². The molecule has 0 aliphatic heterocycles. The van der Waals surface area contributed by atoms with Crippen molar-refractivity contribution in [3.8, 4) is 11.5 Å². The first kappa shape index (κ1) is 18.3. The van der Waals surface area contributed by atoms with Crippen LogP contribution in [0.4, 0.5) is 5.69 Å². The number of benzene rings is 2. The Morgan fingerprint density at radius 1 is 1.00 bits per heavy atom. The van der Waals surface area contributed by atoms with Gasteiger partial charge in [-0.15, -0.1) is 0 Å². The van der Waals surface area contributed by atoms with E-state index >= 15 is 0 Å². The number of rotatable bonds is 8. The Labute approximate surface area is 154 Å². The highest BCUT2D eigenvalue weighted by Gasteiger charge is 2.12. The summed E-state index contributed by atoms with van der Waals surface area (Å²) in [7, 11) is 4.01. The molecular formula is C21H26N2O3. The molecule has 1 aliphatic rings. The highest BCUT2D eigenvalue weighted by Crippen LogP contribution is 2.26. The molecule has 1 amide bonds. The molecule has 26 heavy (non-hydrogen) atoms. The van der Waals surface area contributed by atoms with Crippen LogP contribution in [0.15, 0.2) is 42.5 Å². The Morgan fingerprint density at radius 2 is 1.73 bits per heavy atom. The van der Waals surface area contributed by atoms with Crippen molar-refractivity contribution >= 4 is 11.6 Å². The molecule has 5 nitrogen and oxygen atoms in total. The zero-order valence-corrected chi connectivity index (χ0v) is 15.5. The second kappa shape index (κ2) is 8.72. The van der Waals surface area contributed by atoms with Crippen LogP contribution in [0.2, 0.25) is 0 Å².